The topological polar surface area (TPSA) is 82.1 Å². The van der Waals surface area contributed by atoms with Crippen molar-refractivity contribution < 1.29 is 28.9 Å². The molecule has 5 aliphatic rings. The van der Waals surface area contributed by atoms with E-state index in [0.717, 1.165) is 18.4 Å². The lowest BCUT2D eigenvalue weighted by Crippen LogP contribution is -2.68. The number of rotatable bonds is 2. The Morgan fingerprint density at radius 1 is 1.24 bits per heavy atom. The van der Waals surface area contributed by atoms with Crippen LogP contribution in [0.5, 0.6) is 0 Å². The number of ketones is 2. The second kappa shape index (κ2) is 7.33. The molecule has 0 bridgehead atoms. The van der Waals surface area contributed by atoms with E-state index >= 15 is 0 Å². The van der Waals surface area contributed by atoms with Crippen LogP contribution in [-0.4, -0.2) is 48.1 Å². The van der Waals surface area contributed by atoms with E-state index in [4.69, 9.17) is 14.2 Å². The lowest BCUT2D eigenvalue weighted by Gasteiger charge is -2.62. The molecule has 1 aliphatic heterocycles. The molecule has 6 nitrogen and oxygen atoms in total. The number of hydrogen-bond acceptors (Lipinski definition) is 6. The number of carbonyl (C=O) groups is 2. The summed E-state index contributed by atoms with van der Waals surface area (Å²) in [6, 6.07) is 0. The van der Waals surface area contributed by atoms with Crippen LogP contribution in [0.25, 0.3) is 0 Å². The van der Waals surface area contributed by atoms with Gasteiger partial charge >= 0.3 is 0 Å². The second-order valence-electron chi connectivity index (χ2n) is 11.9. The summed E-state index contributed by atoms with van der Waals surface area (Å²) in [6.45, 7) is 10.4. The first-order valence-corrected chi connectivity index (χ1v) is 12.5. The van der Waals surface area contributed by atoms with E-state index in [2.05, 4.69) is 20.8 Å². The van der Waals surface area contributed by atoms with Crippen molar-refractivity contribution in [3.05, 3.63) is 23.8 Å². The summed E-state index contributed by atoms with van der Waals surface area (Å²) in [7, 11) is 1.57. The Kier molecular flexibility index (Phi) is 5.20. The highest BCUT2D eigenvalue weighted by atomic mass is 16.9. The van der Waals surface area contributed by atoms with Gasteiger partial charge in [0.2, 0.25) is 0 Å². The third-order valence-electron chi connectivity index (χ3n) is 10.1. The first kappa shape index (κ1) is 23.4. The lowest BCUT2D eigenvalue weighted by atomic mass is 9.44. The monoisotopic (exact) mass is 458 g/mol. The maximum atomic E-state index is 13.5. The molecule has 1 heterocycles. The molecule has 0 amide bonds. The Bertz CT molecular complexity index is 937. The Balaban J connectivity index is 1.57. The van der Waals surface area contributed by atoms with Crippen LogP contribution in [0.15, 0.2) is 23.8 Å². The molecular weight excluding hydrogens is 420 g/mol. The fourth-order valence-corrected chi connectivity index (χ4v) is 8.60. The van der Waals surface area contributed by atoms with Crippen LogP contribution >= 0.6 is 0 Å². The van der Waals surface area contributed by atoms with E-state index in [-0.39, 0.29) is 53.2 Å². The van der Waals surface area contributed by atoms with Crippen LogP contribution in [0.4, 0.5) is 0 Å². The third-order valence-corrected chi connectivity index (χ3v) is 10.1. The number of carbonyl (C=O) groups excluding carboxylic acids is 2. The molecule has 4 aliphatic carbocycles. The first-order chi connectivity index (χ1) is 15.4. The lowest BCUT2D eigenvalue weighted by molar-refractivity contribution is -0.440. The van der Waals surface area contributed by atoms with Crippen molar-refractivity contribution in [2.75, 3.05) is 13.7 Å². The minimum atomic E-state index is -1.26. The van der Waals surface area contributed by atoms with Gasteiger partial charge < -0.3 is 19.3 Å². The molecule has 0 radical (unpaired) electrons. The summed E-state index contributed by atoms with van der Waals surface area (Å²) in [5, 5.41) is 11.7. The van der Waals surface area contributed by atoms with Gasteiger partial charge in [-0.15, -0.1) is 0 Å². The van der Waals surface area contributed by atoms with Gasteiger partial charge in [0, 0.05) is 29.8 Å². The van der Waals surface area contributed by atoms with E-state index < -0.39 is 23.1 Å². The zero-order chi connectivity index (χ0) is 24.0. The van der Waals surface area contributed by atoms with Gasteiger partial charge in [0.05, 0.1) is 6.10 Å². The van der Waals surface area contributed by atoms with Gasteiger partial charge in [-0.1, -0.05) is 46.3 Å². The van der Waals surface area contributed by atoms with Crippen molar-refractivity contribution in [2.45, 2.75) is 78.0 Å². The molecule has 2 unspecified atom stereocenters. The van der Waals surface area contributed by atoms with Crippen LogP contribution in [0.2, 0.25) is 0 Å². The number of hydrogen-bond donors (Lipinski definition) is 1. The van der Waals surface area contributed by atoms with Gasteiger partial charge in [-0.2, -0.15) is 0 Å². The van der Waals surface area contributed by atoms with Crippen LogP contribution < -0.4 is 0 Å². The van der Waals surface area contributed by atoms with Crippen molar-refractivity contribution in [1.29, 1.82) is 0 Å². The summed E-state index contributed by atoms with van der Waals surface area (Å²) in [4.78, 5) is 25.7. The number of ether oxygens (including phenoxy) is 3. The molecule has 0 aromatic rings. The van der Waals surface area contributed by atoms with E-state index in [1.54, 1.807) is 19.3 Å². The molecule has 1 spiro atoms. The predicted octanol–water partition coefficient (Wildman–Crippen LogP) is 3.82. The molecular formula is C27H38O6. The summed E-state index contributed by atoms with van der Waals surface area (Å²) in [5.74, 6) is -0.616. The summed E-state index contributed by atoms with van der Waals surface area (Å²) >= 11 is 0. The van der Waals surface area contributed by atoms with E-state index in [1.165, 1.54) is 0 Å². The fourth-order valence-electron chi connectivity index (χ4n) is 8.60. The molecule has 6 heteroatoms. The summed E-state index contributed by atoms with van der Waals surface area (Å²) in [5.41, 5.74) is -0.746. The zero-order valence-electron chi connectivity index (χ0n) is 20.7. The van der Waals surface area contributed by atoms with Crippen molar-refractivity contribution in [3.63, 3.8) is 0 Å². The van der Waals surface area contributed by atoms with Crippen LogP contribution in [-0.2, 0) is 23.8 Å². The third kappa shape index (κ3) is 2.87. The van der Waals surface area contributed by atoms with Crippen molar-refractivity contribution >= 4 is 11.6 Å². The molecule has 4 fully saturated rings. The predicted molar refractivity (Wildman–Crippen MR) is 122 cm³/mol. The summed E-state index contributed by atoms with van der Waals surface area (Å²) < 4.78 is 18.2. The van der Waals surface area contributed by atoms with E-state index in [9.17, 15) is 14.7 Å². The zero-order valence-corrected chi connectivity index (χ0v) is 20.7. The average Bonchev–Trinajstić information content (AvgIpc) is 3.03. The molecule has 3 saturated carbocycles. The smallest absolute Gasteiger partial charge is 0.286 e. The number of methoxy groups -OCH3 is 1. The first-order valence-electron chi connectivity index (χ1n) is 12.5. The van der Waals surface area contributed by atoms with Gasteiger partial charge in [0.1, 0.15) is 12.2 Å². The second-order valence-corrected chi connectivity index (χ2v) is 11.9. The van der Waals surface area contributed by atoms with Gasteiger partial charge in [-0.05, 0) is 55.6 Å². The Hall–Kier alpha value is -1.34. The normalized spacial score (nSPS) is 51.4. The van der Waals surface area contributed by atoms with Gasteiger partial charge in [0.25, 0.3) is 5.97 Å². The van der Waals surface area contributed by atoms with Crippen molar-refractivity contribution in [2.24, 2.45) is 40.4 Å². The highest BCUT2D eigenvalue weighted by Gasteiger charge is 2.72. The number of aliphatic hydroxyl groups excluding tert-OH is 1. The van der Waals surface area contributed by atoms with E-state index in [0.29, 0.717) is 12.8 Å². The number of Topliss-reactive ketones (excluding diaryl/α,β-unsaturated/α-hetero) is 1. The molecule has 0 aromatic heterocycles. The Morgan fingerprint density at radius 2 is 1.97 bits per heavy atom. The summed E-state index contributed by atoms with van der Waals surface area (Å²) in [6.07, 6.45) is 7.77. The number of allylic oxidation sites excluding steroid dienone is 4. The largest absolute Gasteiger partial charge is 0.393 e. The minimum Gasteiger partial charge on any atom is -0.393 e. The quantitative estimate of drug-likeness (QED) is 0.677. The highest BCUT2D eigenvalue weighted by molar-refractivity contribution is 6.01. The Morgan fingerprint density at radius 3 is 2.64 bits per heavy atom. The number of aliphatic hydroxyl groups is 1. The minimum absolute atomic E-state index is 0.0183. The fraction of sp³-hybridized carbons (Fsp3) is 0.778. The number of fused-ring (bicyclic) bond motifs is 6. The maximum absolute atomic E-state index is 13.5. The molecule has 5 rings (SSSR count). The van der Waals surface area contributed by atoms with E-state index in [1.807, 2.05) is 19.9 Å². The molecule has 1 saturated heterocycles. The average molecular weight is 459 g/mol. The van der Waals surface area contributed by atoms with Gasteiger partial charge in [-0.3, -0.25) is 9.59 Å². The molecule has 0 aromatic carbocycles. The molecule has 33 heavy (non-hydrogen) atoms. The highest BCUT2D eigenvalue weighted by Crippen LogP contribution is 2.69. The Labute approximate surface area is 196 Å². The standard InChI is InChI=1S/C27H38O6/c1-15(2)27(31-6)32-14-22(30)26(33-27)10-8-19-18-11-16(3)20-12-17(28)7-9-24(20,4)23(18)21(29)13-25(19,26)5/h7,9,12,15-16,18-19,21,23,29H,8,10-11,13-14H2,1-6H3/t16-,18-,19-,21?,23+,24-,25-,26-,27?/m0/s1. The van der Waals surface area contributed by atoms with Gasteiger partial charge in [0.15, 0.2) is 11.6 Å². The SMILES string of the molecule is COC1(C(C)C)OCC(=O)[C@]2(CC[C@H]3[C@@H]4C[C@H](C)C5=CC(=O)C=C[C@]5(C)[C@H]4C(O)C[C@@]32C)O1. The molecule has 9 atom stereocenters. The van der Waals surface area contributed by atoms with Crippen LogP contribution in [0, 0.1) is 40.4 Å². The maximum Gasteiger partial charge on any atom is 0.286 e. The molecule has 1 N–H and O–H groups in total. The molecule has 182 valence electrons. The van der Waals surface area contributed by atoms with Gasteiger partial charge in [-0.25, -0.2) is 0 Å². The van der Waals surface area contributed by atoms with Crippen molar-refractivity contribution in [1.82, 2.24) is 0 Å². The van der Waals surface area contributed by atoms with Crippen molar-refractivity contribution in [3.8, 4) is 0 Å². The van der Waals surface area contributed by atoms with Crippen LogP contribution in [0.1, 0.15) is 60.3 Å². The van der Waals surface area contributed by atoms with Crippen LogP contribution in [0.3, 0.4) is 0 Å².